The van der Waals surface area contributed by atoms with Crippen LogP contribution in [0.2, 0.25) is 0 Å². The summed E-state index contributed by atoms with van der Waals surface area (Å²) in [7, 11) is 1.96. The molecule has 0 bridgehead atoms. The van der Waals surface area contributed by atoms with E-state index >= 15 is 0 Å². The van der Waals surface area contributed by atoms with Gasteiger partial charge >= 0.3 is 0 Å². The Labute approximate surface area is 83.2 Å². The van der Waals surface area contributed by atoms with Crippen LogP contribution in [0.5, 0.6) is 0 Å². The molecule has 0 saturated carbocycles. The fourth-order valence-electron chi connectivity index (χ4n) is 1.40. The van der Waals surface area contributed by atoms with Gasteiger partial charge in [0.2, 0.25) is 0 Å². The van der Waals surface area contributed by atoms with E-state index in [2.05, 4.69) is 11.1 Å². The molecule has 0 spiro atoms. The van der Waals surface area contributed by atoms with Gasteiger partial charge in [0.15, 0.2) is 0 Å². The Balaban J connectivity index is 2.47. The smallest absolute Gasteiger partial charge is 0.0951 e. The first kappa shape index (κ1) is 8.81. The molecule has 0 radical (unpaired) electrons. The van der Waals surface area contributed by atoms with E-state index in [1.165, 1.54) is 0 Å². The lowest BCUT2D eigenvalue weighted by Gasteiger charge is -2.01. The maximum Gasteiger partial charge on any atom is 0.0951 e. The average molecular weight is 187 g/mol. The van der Waals surface area contributed by atoms with Crippen molar-refractivity contribution < 1.29 is 0 Å². The molecule has 0 aliphatic heterocycles. The van der Waals surface area contributed by atoms with Crippen LogP contribution in [0.25, 0.3) is 11.3 Å². The molecule has 1 aromatic carbocycles. The van der Waals surface area contributed by atoms with Crippen molar-refractivity contribution in [3.8, 4) is 11.3 Å². The van der Waals surface area contributed by atoms with Gasteiger partial charge in [-0.3, -0.25) is 0 Å². The van der Waals surface area contributed by atoms with Crippen LogP contribution < -0.4 is 5.73 Å². The van der Waals surface area contributed by atoms with Gasteiger partial charge in [-0.25, -0.2) is 4.98 Å². The molecular formula is C11H13N3. The standard InChI is InChI=1S/C11H13N3/c1-8-5-9(3-4-10(8)12)11-6-14(2)7-13-11/h3-7H,12H2,1-2H3. The number of rotatable bonds is 1. The Bertz CT molecular complexity index is 457. The molecule has 0 saturated heterocycles. The molecule has 3 heteroatoms. The fraction of sp³-hybridized carbons (Fsp3) is 0.182. The summed E-state index contributed by atoms with van der Waals surface area (Å²) in [6.45, 7) is 2.00. The number of aromatic nitrogens is 2. The van der Waals surface area contributed by atoms with E-state index < -0.39 is 0 Å². The van der Waals surface area contributed by atoms with Gasteiger partial charge < -0.3 is 10.3 Å². The summed E-state index contributed by atoms with van der Waals surface area (Å²) in [6, 6.07) is 5.96. The predicted octanol–water partition coefficient (Wildman–Crippen LogP) is 1.98. The van der Waals surface area contributed by atoms with Crippen LogP contribution >= 0.6 is 0 Å². The summed E-state index contributed by atoms with van der Waals surface area (Å²) in [4.78, 5) is 4.28. The molecule has 3 nitrogen and oxygen atoms in total. The second kappa shape index (κ2) is 3.18. The molecule has 1 aromatic heterocycles. The van der Waals surface area contributed by atoms with Gasteiger partial charge in [-0.2, -0.15) is 0 Å². The zero-order chi connectivity index (χ0) is 10.1. The number of hydrogen-bond donors (Lipinski definition) is 1. The molecular weight excluding hydrogens is 174 g/mol. The first-order valence-corrected chi connectivity index (χ1v) is 4.51. The topological polar surface area (TPSA) is 43.8 Å². The number of nitrogen functional groups attached to an aromatic ring is 1. The van der Waals surface area contributed by atoms with Crippen molar-refractivity contribution >= 4 is 5.69 Å². The van der Waals surface area contributed by atoms with E-state index in [1.54, 1.807) is 6.33 Å². The molecule has 0 aliphatic rings. The minimum Gasteiger partial charge on any atom is -0.399 e. The zero-order valence-corrected chi connectivity index (χ0v) is 8.36. The van der Waals surface area contributed by atoms with Crippen LogP contribution in [0.15, 0.2) is 30.7 Å². The van der Waals surface area contributed by atoms with Crippen molar-refractivity contribution in [2.75, 3.05) is 5.73 Å². The van der Waals surface area contributed by atoms with Crippen LogP contribution in [-0.4, -0.2) is 9.55 Å². The van der Waals surface area contributed by atoms with Gasteiger partial charge in [-0.15, -0.1) is 0 Å². The second-order valence-corrected chi connectivity index (χ2v) is 3.50. The Morgan fingerprint density at radius 1 is 1.36 bits per heavy atom. The number of benzene rings is 1. The largest absolute Gasteiger partial charge is 0.399 e. The molecule has 2 aromatic rings. The van der Waals surface area contributed by atoms with Crippen LogP contribution in [0.4, 0.5) is 5.69 Å². The lowest BCUT2D eigenvalue weighted by atomic mass is 10.1. The van der Waals surface area contributed by atoms with Crippen molar-refractivity contribution in [3.05, 3.63) is 36.3 Å². The Kier molecular flexibility index (Phi) is 2.00. The van der Waals surface area contributed by atoms with Crippen molar-refractivity contribution in [1.82, 2.24) is 9.55 Å². The lowest BCUT2D eigenvalue weighted by Crippen LogP contribution is -1.89. The molecule has 2 rings (SSSR count). The van der Waals surface area contributed by atoms with Crippen LogP contribution in [0.3, 0.4) is 0 Å². The number of anilines is 1. The number of imidazole rings is 1. The number of hydrogen-bond acceptors (Lipinski definition) is 2. The van der Waals surface area contributed by atoms with E-state index in [1.807, 2.05) is 36.9 Å². The first-order valence-electron chi connectivity index (χ1n) is 4.51. The highest BCUT2D eigenvalue weighted by Crippen LogP contribution is 2.21. The minimum atomic E-state index is 0.824. The Hall–Kier alpha value is -1.77. The van der Waals surface area contributed by atoms with Crippen LogP contribution in [-0.2, 0) is 7.05 Å². The highest BCUT2D eigenvalue weighted by Gasteiger charge is 2.02. The van der Waals surface area contributed by atoms with Gasteiger partial charge in [0, 0.05) is 24.5 Å². The van der Waals surface area contributed by atoms with E-state index in [0.29, 0.717) is 0 Å². The number of aryl methyl sites for hydroxylation is 2. The second-order valence-electron chi connectivity index (χ2n) is 3.50. The van der Waals surface area contributed by atoms with E-state index in [0.717, 1.165) is 22.5 Å². The maximum absolute atomic E-state index is 5.75. The van der Waals surface area contributed by atoms with Crippen molar-refractivity contribution in [1.29, 1.82) is 0 Å². The van der Waals surface area contributed by atoms with Gasteiger partial charge in [-0.1, -0.05) is 6.07 Å². The zero-order valence-electron chi connectivity index (χ0n) is 8.36. The van der Waals surface area contributed by atoms with E-state index in [9.17, 15) is 0 Å². The first-order chi connectivity index (χ1) is 6.66. The van der Waals surface area contributed by atoms with Crippen molar-refractivity contribution in [2.24, 2.45) is 7.05 Å². The molecule has 0 aliphatic carbocycles. The fourth-order valence-corrected chi connectivity index (χ4v) is 1.40. The van der Waals surface area contributed by atoms with E-state index in [4.69, 9.17) is 5.73 Å². The molecule has 0 fully saturated rings. The average Bonchev–Trinajstić information content (AvgIpc) is 2.57. The Morgan fingerprint density at radius 2 is 2.14 bits per heavy atom. The summed E-state index contributed by atoms with van der Waals surface area (Å²) in [6.07, 6.45) is 3.78. The third kappa shape index (κ3) is 1.48. The summed E-state index contributed by atoms with van der Waals surface area (Å²) >= 11 is 0. The summed E-state index contributed by atoms with van der Waals surface area (Å²) in [5, 5.41) is 0. The third-order valence-electron chi connectivity index (χ3n) is 2.27. The van der Waals surface area contributed by atoms with Gasteiger partial charge in [0.1, 0.15) is 0 Å². The SMILES string of the molecule is Cc1cc(-c2cn(C)cn2)ccc1N. The molecule has 72 valence electrons. The predicted molar refractivity (Wildman–Crippen MR) is 57.8 cm³/mol. The van der Waals surface area contributed by atoms with Crippen LogP contribution in [0.1, 0.15) is 5.56 Å². The third-order valence-corrected chi connectivity index (χ3v) is 2.27. The number of nitrogens with two attached hydrogens (primary N) is 1. The van der Waals surface area contributed by atoms with Gasteiger partial charge in [0.25, 0.3) is 0 Å². The molecule has 2 N–H and O–H groups in total. The molecule has 0 amide bonds. The molecule has 14 heavy (non-hydrogen) atoms. The number of nitrogens with zero attached hydrogens (tertiary/aromatic N) is 2. The quantitative estimate of drug-likeness (QED) is 0.694. The van der Waals surface area contributed by atoms with Gasteiger partial charge in [0.05, 0.1) is 12.0 Å². The highest BCUT2D eigenvalue weighted by atomic mass is 15.0. The Morgan fingerprint density at radius 3 is 2.71 bits per heavy atom. The highest BCUT2D eigenvalue weighted by molar-refractivity contribution is 5.64. The monoisotopic (exact) mass is 187 g/mol. The molecule has 0 atom stereocenters. The summed E-state index contributed by atoms with van der Waals surface area (Å²) < 4.78 is 1.93. The van der Waals surface area contributed by atoms with E-state index in [-0.39, 0.29) is 0 Å². The normalized spacial score (nSPS) is 10.4. The maximum atomic E-state index is 5.75. The van der Waals surface area contributed by atoms with Crippen molar-refractivity contribution in [2.45, 2.75) is 6.92 Å². The van der Waals surface area contributed by atoms with Gasteiger partial charge in [-0.05, 0) is 24.6 Å². The molecule has 0 unspecified atom stereocenters. The van der Waals surface area contributed by atoms with Crippen molar-refractivity contribution in [3.63, 3.8) is 0 Å². The minimum absolute atomic E-state index is 0.824. The van der Waals surface area contributed by atoms with Crippen LogP contribution in [0, 0.1) is 6.92 Å². The summed E-state index contributed by atoms with van der Waals surface area (Å²) in [5.41, 5.74) is 9.75. The lowest BCUT2D eigenvalue weighted by molar-refractivity contribution is 0.913. The summed E-state index contributed by atoms with van der Waals surface area (Å²) in [5.74, 6) is 0. The molecule has 1 heterocycles.